The average molecular weight is 321 g/mol. The Labute approximate surface area is 128 Å². The zero-order valence-electron chi connectivity index (χ0n) is 11.7. The van der Waals surface area contributed by atoms with Crippen LogP contribution in [0.4, 0.5) is 5.69 Å². The molecule has 0 aliphatic heterocycles. The van der Waals surface area contributed by atoms with E-state index in [1.165, 1.54) is 18.4 Å². The molecule has 0 atom stereocenters. The molecule has 0 aliphatic rings. The summed E-state index contributed by atoms with van der Waals surface area (Å²) in [5, 5.41) is 12.0. The fraction of sp³-hybridized carbons (Fsp3) is 0.214. The molecular formula is C14H15N3O2S2. The predicted molar refractivity (Wildman–Crippen MR) is 83.8 cm³/mol. The minimum absolute atomic E-state index is 0.263. The van der Waals surface area contributed by atoms with Crippen molar-refractivity contribution in [2.24, 2.45) is 0 Å². The first-order chi connectivity index (χ1) is 9.96. The van der Waals surface area contributed by atoms with Crippen LogP contribution < -0.4 is 10.0 Å². The van der Waals surface area contributed by atoms with E-state index in [1.54, 1.807) is 25.1 Å². The summed E-state index contributed by atoms with van der Waals surface area (Å²) >= 11 is 1.42. The van der Waals surface area contributed by atoms with Crippen molar-refractivity contribution in [1.29, 1.82) is 5.26 Å². The first kappa shape index (κ1) is 15.5. The van der Waals surface area contributed by atoms with Gasteiger partial charge in [0.05, 0.1) is 4.90 Å². The molecule has 21 heavy (non-hydrogen) atoms. The predicted octanol–water partition coefficient (Wildman–Crippen LogP) is 2.45. The Balaban J connectivity index is 2.18. The van der Waals surface area contributed by atoms with Gasteiger partial charge >= 0.3 is 0 Å². The maximum Gasteiger partial charge on any atom is 0.240 e. The molecule has 2 N–H and O–H groups in total. The lowest BCUT2D eigenvalue weighted by Gasteiger charge is -2.10. The van der Waals surface area contributed by atoms with Crippen LogP contribution in [0.2, 0.25) is 0 Å². The Hall–Kier alpha value is -1.88. The summed E-state index contributed by atoms with van der Waals surface area (Å²) in [5.41, 5.74) is 1.42. The molecule has 0 spiro atoms. The molecule has 0 radical (unpaired) electrons. The molecule has 0 amide bonds. The summed E-state index contributed by atoms with van der Waals surface area (Å²) in [6.45, 7) is 2.31. The molecule has 1 heterocycles. The number of sulfonamides is 1. The zero-order chi connectivity index (χ0) is 15.5. The first-order valence-electron chi connectivity index (χ1n) is 6.23. The Bertz CT molecular complexity index is 789. The maximum atomic E-state index is 11.9. The van der Waals surface area contributed by atoms with Crippen LogP contribution in [-0.4, -0.2) is 15.5 Å². The largest absolute Gasteiger partial charge is 0.380 e. The molecule has 1 aromatic carbocycles. The number of rotatable bonds is 5. The Kier molecular flexibility index (Phi) is 4.63. The van der Waals surface area contributed by atoms with Gasteiger partial charge in [0.25, 0.3) is 0 Å². The van der Waals surface area contributed by atoms with Gasteiger partial charge in [-0.1, -0.05) is 6.07 Å². The highest BCUT2D eigenvalue weighted by Gasteiger charge is 2.15. The summed E-state index contributed by atoms with van der Waals surface area (Å²) in [4.78, 5) is 1.94. The molecule has 0 saturated carbocycles. The van der Waals surface area contributed by atoms with E-state index in [-0.39, 0.29) is 4.90 Å². The fourth-order valence-corrected chi connectivity index (χ4v) is 3.57. The summed E-state index contributed by atoms with van der Waals surface area (Å²) in [7, 11) is -2.07. The molecule has 110 valence electrons. The summed E-state index contributed by atoms with van der Waals surface area (Å²) in [6, 6.07) is 11.0. The molecule has 0 unspecified atom stereocenters. The van der Waals surface area contributed by atoms with E-state index in [4.69, 9.17) is 5.26 Å². The number of nitrogens with zero attached hydrogens (tertiary/aromatic N) is 1. The highest BCUT2D eigenvalue weighted by molar-refractivity contribution is 7.89. The number of hydrogen-bond donors (Lipinski definition) is 2. The third kappa shape index (κ3) is 3.61. The standard InChI is InChI=1S/C14H15N3O2S2/c1-10-3-4-11(7-14(10)21(18,19)16-2)17-9-13-6-5-12(8-15)20-13/h3-7,16-17H,9H2,1-2H3. The second-order valence-electron chi connectivity index (χ2n) is 4.42. The fourth-order valence-electron chi connectivity index (χ4n) is 1.83. The third-order valence-electron chi connectivity index (χ3n) is 2.98. The van der Waals surface area contributed by atoms with Crippen molar-refractivity contribution in [3.63, 3.8) is 0 Å². The number of hydrogen-bond acceptors (Lipinski definition) is 5. The zero-order valence-corrected chi connectivity index (χ0v) is 13.3. The number of anilines is 1. The second-order valence-corrected chi connectivity index (χ2v) is 7.44. The molecular weight excluding hydrogens is 306 g/mol. The SMILES string of the molecule is CNS(=O)(=O)c1cc(NCc2ccc(C#N)s2)ccc1C. The van der Waals surface area contributed by atoms with Crippen molar-refractivity contribution in [3.8, 4) is 6.07 Å². The maximum absolute atomic E-state index is 11.9. The van der Waals surface area contributed by atoms with Crippen LogP contribution in [0.3, 0.4) is 0 Å². The lowest BCUT2D eigenvalue weighted by molar-refractivity contribution is 0.587. The number of thiophene rings is 1. The Morgan fingerprint density at radius 2 is 2.05 bits per heavy atom. The van der Waals surface area contributed by atoms with Crippen molar-refractivity contribution < 1.29 is 8.42 Å². The number of nitriles is 1. The normalized spacial score (nSPS) is 11.1. The molecule has 2 aromatic rings. The van der Waals surface area contributed by atoms with Crippen LogP contribution in [0.25, 0.3) is 0 Å². The highest BCUT2D eigenvalue weighted by Crippen LogP contribution is 2.22. The van der Waals surface area contributed by atoms with Gasteiger partial charge in [-0.3, -0.25) is 0 Å². The molecule has 7 heteroatoms. The van der Waals surface area contributed by atoms with E-state index in [2.05, 4.69) is 16.1 Å². The molecule has 0 aliphatic carbocycles. The van der Waals surface area contributed by atoms with E-state index >= 15 is 0 Å². The van der Waals surface area contributed by atoms with Gasteiger partial charge < -0.3 is 5.32 Å². The molecule has 2 rings (SSSR count). The number of aryl methyl sites for hydroxylation is 1. The number of nitrogens with one attached hydrogen (secondary N) is 2. The van der Waals surface area contributed by atoms with Gasteiger partial charge in [-0.15, -0.1) is 11.3 Å². The third-order valence-corrected chi connectivity index (χ3v) is 5.53. The Morgan fingerprint density at radius 3 is 2.67 bits per heavy atom. The van der Waals surface area contributed by atoms with Crippen LogP contribution >= 0.6 is 11.3 Å². The molecule has 0 bridgehead atoms. The quantitative estimate of drug-likeness (QED) is 0.886. The van der Waals surface area contributed by atoms with Crippen molar-refractivity contribution in [2.75, 3.05) is 12.4 Å². The van der Waals surface area contributed by atoms with Crippen LogP contribution in [0, 0.1) is 18.3 Å². The van der Waals surface area contributed by atoms with Crippen LogP contribution in [0.1, 0.15) is 15.3 Å². The van der Waals surface area contributed by atoms with Crippen molar-refractivity contribution in [3.05, 3.63) is 45.6 Å². The van der Waals surface area contributed by atoms with Crippen molar-refractivity contribution >= 4 is 27.0 Å². The van der Waals surface area contributed by atoms with Gasteiger partial charge in [-0.2, -0.15) is 5.26 Å². The van der Waals surface area contributed by atoms with Crippen LogP contribution in [0.5, 0.6) is 0 Å². The minimum atomic E-state index is -3.46. The molecule has 0 fully saturated rings. The number of benzene rings is 1. The van der Waals surface area contributed by atoms with E-state index in [9.17, 15) is 8.42 Å². The van der Waals surface area contributed by atoms with Gasteiger partial charge in [0, 0.05) is 17.1 Å². The summed E-state index contributed by atoms with van der Waals surface area (Å²) in [6.07, 6.45) is 0. The van der Waals surface area contributed by atoms with Crippen molar-refractivity contribution in [1.82, 2.24) is 4.72 Å². The second kappa shape index (κ2) is 6.26. The van der Waals surface area contributed by atoms with E-state index in [0.717, 1.165) is 10.6 Å². The van der Waals surface area contributed by atoms with Gasteiger partial charge in [-0.05, 0) is 43.8 Å². The van der Waals surface area contributed by atoms with Gasteiger partial charge in [0.2, 0.25) is 10.0 Å². The molecule has 1 aromatic heterocycles. The van der Waals surface area contributed by atoms with Gasteiger partial charge in [0.15, 0.2) is 0 Å². The van der Waals surface area contributed by atoms with E-state index in [1.807, 2.05) is 12.1 Å². The van der Waals surface area contributed by atoms with Crippen molar-refractivity contribution in [2.45, 2.75) is 18.4 Å². The van der Waals surface area contributed by atoms with E-state index in [0.29, 0.717) is 17.0 Å². The Morgan fingerprint density at radius 1 is 1.29 bits per heavy atom. The first-order valence-corrected chi connectivity index (χ1v) is 8.53. The lowest BCUT2D eigenvalue weighted by atomic mass is 10.2. The smallest absolute Gasteiger partial charge is 0.240 e. The van der Waals surface area contributed by atoms with Gasteiger partial charge in [0.1, 0.15) is 10.9 Å². The van der Waals surface area contributed by atoms with Crippen LogP contribution in [-0.2, 0) is 16.6 Å². The van der Waals surface area contributed by atoms with Crippen LogP contribution in [0.15, 0.2) is 35.2 Å². The molecule has 5 nitrogen and oxygen atoms in total. The minimum Gasteiger partial charge on any atom is -0.380 e. The van der Waals surface area contributed by atoms with E-state index < -0.39 is 10.0 Å². The highest BCUT2D eigenvalue weighted by atomic mass is 32.2. The summed E-state index contributed by atoms with van der Waals surface area (Å²) < 4.78 is 26.2. The topological polar surface area (TPSA) is 82.0 Å². The average Bonchev–Trinajstić information content (AvgIpc) is 2.94. The summed E-state index contributed by atoms with van der Waals surface area (Å²) in [5.74, 6) is 0. The monoisotopic (exact) mass is 321 g/mol. The van der Waals surface area contributed by atoms with Gasteiger partial charge in [-0.25, -0.2) is 13.1 Å². The lowest BCUT2D eigenvalue weighted by Crippen LogP contribution is -2.19. The molecule has 0 saturated heterocycles.